The first-order valence-corrected chi connectivity index (χ1v) is 13.3. The summed E-state index contributed by atoms with van der Waals surface area (Å²) in [5, 5.41) is 7.17. The van der Waals surface area contributed by atoms with Crippen molar-refractivity contribution in [1.29, 1.82) is 0 Å². The van der Waals surface area contributed by atoms with E-state index in [-0.39, 0.29) is 25.7 Å². The summed E-state index contributed by atoms with van der Waals surface area (Å²) in [6.45, 7) is -2.26. The molecule has 0 saturated heterocycles. The Labute approximate surface area is 236 Å². The van der Waals surface area contributed by atoms with Gasteiger partial charge in [-0.2, -0.15) is 26.3 Å². The lowest BCUT2D eigenvalue weighted by Crippen LogP contribution is -2.42. The van der Waals surface area contributed by atoms with Gasteiger partial charge in [0.1, 0.15) is 12.3 Å². The molecule has 0 radical (unpaired) electrons. The largest absolute Gasteiger partial charge is 0.435 e. The number of oxime groups is 1. The van der Waals surface area contributed by atoms with E-state index in [9.17, 15) is 35.9 Å². The standard InChI is InChI=1S/C23H18Cl3F6N3O3S/c24-13-5-10(6-14(25)17(13)26)21(23(30,31)32)7-15(35-38-21)18-11-3-1-2-4-12(11)19(39-18)20(37)33-8-16(36)34-9-22(27,28)29/h5-6H,1-4,7-9H2,(H,33,37)(H,34,36). The maximum absolute atomic E-state index is 14.5. The fourth-order valence-electron chi connectivity index (χ4n) is 4.36. The average Bonchev–Trinajstić information content (AvgIpc) is 3.47. The lowest BCUT2D eigenvalue weighted by Gasteiger charge is -2.30. The van der Waals surface area contributed by atoms with Gasteiger partial charge in [-0.1, -0.05) is 40.0 Å². The molecule has 0 spiro atoms. The zero-order chi connectivity index (χ0) is 28.8. The van der Waals surface area contributed by atoms with E-state index in [2.05, 4.69) is 10.5 Å². The molecule has 1 aromatic carbocycles. The zero-order valence-electron chi connectivity index (χ0n) is 19.6. The van der Waals surface area contributed by atoms with Gasteiger partial charge in [0.25, 0.3) is 11.5 Å². The number of carbonyl (C=O) groups excluding carboxylic acids is 2. The summed E-state index contributed by atoms with van der Waals surface area (Å²) in [6, 6.07) is 2.02. The van der Waals surface area contributed by atoms with Crippen LogP contribution in [0.1, 0.15) is 50.5 Å². The molecule has 0 bridgehead atoms. The minimum absolute atomic E-state index is 0.0420. The van der Waals surface area contributed by atoms with E-state index in [1.54, 1.807) is 5.32 Å². The number of nitrogens with one attached hydrogen (secondary N) is 2. The van der Waals surface area contributed by atoms with E-state index in [0.29, 0.717) is 35.3 Å². The SMILES string of the molecule is O=C(CNC(=O)c1sc(C2=NOC(c3cc(Cl)c(Cl)c(Cl)c3)(C(F)(F)F)C2)c2c1CCCC2)NCC(F)(F)F. The summed E-state index contributed by atoms with van der Waals surface area (Å²) in [6.07, 6.45) is -7.93. The Morgan fingerprint density at radius 2 is 1.62 bits per heavy atom. The minimum atomic E-state index is -4.94. The second-order valence-electron chi connectivity index (χ2n) is 8.88. The third-order valence-electron chi connectivity index (χ3n) is 6.22. The molecule has 1 aliphatic heterocycles. The van der Waals surface area contributed by atoms with Gasteiger partial charge in [0, 0.05) is 5.56 Å². The van der Waals surface area contributed by atoms with Crippen LogP contribution >= 0.6 is 46.1 Å². The number of halogens is 9. The molecule has 1 aromatic heterocycles. The fraction of sp³-hybridized carbons (Fsp3) is 0.435. The highest BCUT2D eigenvalue weighted by Gasteiger charge is 2.63. The molecule has 2 N–H and O–H groups in total. The van der Waals surface area contributed by atoms with E-state index in [0.717, 1.165) is 29.9 Å². The molecule has 2 aromatic rings. The van der Waals surface area contributed by atoms with Crippen molar-refractivity contribution in [3.8, 4) is 0 Å². The van der Waals surface area contributed by atoms with Gasteiger partial charge in [0.15, 0.2) is 0 Å². The molecule has 0 saturated carbocycles. The molecule has 39 heavy (non-hydrogen) atoms. The first-order valence-electron chi connectivity index (χ1n) is 11.4. The Morgan fingerprint density at radius 3 is 2.21 bits per heavy atom. The molecule has 1 aliphatic carbocycles. The number of hydrogen-bond acceptors (Lipinski definition) is 5. The zero-order valence-corrected chi connectivity index (χ0v) is 22.7. The Bertz CT molecular complexity index is 1320. The summed E-state index contributed by atoms with van der Waals surface area (Å²) in [4.78, 5) is 30.1. The first-order chi connectivity index (χ1) is 18.1. The number of hydrogen-bond donors (Lipinski definition) is 2. The molecule has 0 fully saturated rings. The van der Waals surface area contributed by atoms with Crippen LogP contribution in [-0.2, 0) is 28.1 Å². The molecule has 2 amide bonds. The predicted octanol–water partition coefficient (Wildman–Crippen LogP) is 6.58. The van der Waals surface area contributed by atoms with Crippen LogP contribution in [0.5, 0.6) is 0 Å². The molecule has 2 aliphatic rings. The highest BCUT2D eigenvalue weighted by atomic mass is 35.5. The monoisotopic (exact) mass is 635 g/mol. The van der Waals surface area contributed by atoms with E-state index < -0.39 is 54.8 Å². The first kappa shape index (κ1) is 29.8. The lowest BCUT2D eigenvalue weighted by molar-refractivity contribution is -0.275. The van der Waals surface area contributed by atoms with E-state index in [4.69, 9.17) is 39.6 Å². The van der Waals surface area contributed by atoms with Gasteiger partial charge in [0.2, 0.25) is 5.91 Å². The number of amides is 2. The van der Waals surface area contributed by atoms with Gasteiger partial charge in [-0.25, -0.2) is 0 Å². The normalized spacial score (nSPS) is 19.3. The van der Waals surface area contributed by atoms with Crippen molar-refractivity contribution in [3.63, 3.8) is 0 Å². The Kier molecular flexibility index (Phi) is 8.38. The van der Waals surface area contributed by atoms with Crippen LogP contribution in [0.4, 0.5) is 26.3 Å². The number of thiophene rings is 1. The molecular weight excluding hydrogens is 619 g/mol. The summed E-state index contributed by atoms with van der Waals surface area (Å²) < 4.78 is 80.3. The third kappa shape index (κ3) is 6.10. The van der Waals surface area contributed by atoms with Crippen LogP contribution < -0.4 is 10.6 Å². The van der Waals surface area contributed by atoms with Crippen molar-refractivity contribution >= 4 is 63.7 Å². The Hall–Kier alpha value is -2.22. The number of alkyl halides is 6. The lowest BCUT2D eigenvalue weighted by atomic mass is 9.85. The summed E-state index contributed by atoms with van der Waals surface area (Å²) in [5.41, 5.74) is -2.12. The second kappa shape index (κ2) is 11.0. The quantitative estimate of drug-likeness (QED) is 0.278. The van der Waals surface area contributed by atoms with Crippen molar-refractivity contribution in [1.82, 2.24) is 10.6 Å². The van der Waals surface area contributed by atoms with Crippen LogP contribution in [0.25, 0.3) is 0 Å². The van der Waals surface area contributed by atoms with Crippen LogP contribution in [0.15, 0.2) is 17.3 Å². The molecule has 6 nitrogen and oxygen atoms in total. The predicted molar refractivity (Wildman–Crippen MR) is 134 cm³/mol. The molecule has 1 atom stereocenters. The summed E-state index contributed by atoms with van der Waals surface area (Å²) >= 11 is 18.8. The number of rotatable bonds is 6. The number of fused-ring (bicyclic) bond motifs is 1. The molecule has 1 unspecified atom stereocenters. The molecule has 16 heteroatoms. The number of carbonyl (C=O) groups is 2. The Morgan fingerprint density at radius 1 is 1.00 bits per heavy atom. The van der Waals surface area contributed by atoms with Gasteiger partial charge < -0.3 is 15.5 Å². The highest BCUT2D eigenvalue weighted by Crippen LogP contribution is 2.51. The number of nitrogens with zero attached hydrogens (tertiary/aromatic N) is 1. The Balaban J connectivity index is 1.61. The maximum Gasteiger partial charge on any atom is 0.435 e. The van der Waals surface area contributed by atoms with Crippen molar-refractivity contribution in [2.24, 2.45) is 5.16 Å². The highest BCUT2D eigenvalue weighted by molar-refractivity contribution is 7.16. The maximum atomic E-state index is 14.5. The van der Waals surface area contributed by atoms with Crippen molar-refractivity contribution < 1.29 is 40.8 Å². The summed E-state index contributed by atoms with van der Waals surface area (Å²) in [7, 11) is 0. The molecule has 212 valence electrons. The van der Waals surface area contributed by atoms with Crippen molar-refractivity contribution in [2.75, 3.05) is 13.1 Å². The third-order valence-corrected chi connectivity index (χ3v) is 8.74. The number of benzene rings is 1. The van der Waals surface area contributed by atoms with Gasteiger partial charge >= 0.3 is 12.4 Å². The van der Waals surface area contributed by atoms with Crippen LogP contribution in [0.3, 0.4) is 0 Å². The van der Waals surface area contributed by atoms with Crippen LogP contribution in [0.2, 0.25) is 15.1 Å². The molecular formula is C23H18Cl3F6N3O3S. The minimum Gasteiger partial charge on any atom is -0.374 e. The topological polar surface area (TPSA) is 79.8 Å². The van der Waals surface area contributed by atoms with Gasteiger partial charge in [-0.15, -0.1) is 11.3 Å². The van der Waals surface area contributed by atoms with E-state index in [1.807, 2.05) is 0 Å². The second-order valence-corrected chi connectivity index (χ2v) is 11.1. The van der Waals surface area contributed by atoms with Crippen molar-refractivity contribution in [2.45, 2.75) is 50.1 Å². The van der Waals surface area contributed by atoms with Crippen LogP contribution in [-0.4, -0.2) is 43.0 Å². The molecule has 4 rings (SSSR count). The van der Waals surface area contributed by atoms with E-state index >= 15 is 0 Å². The fourth-order valence-corrected chi connectivity index (χ4v) is 6.25. The van der Waals surface area contributed by atoms with Crippen LogP contribution in [0, 0.1) is 0 Å². The smallest absolute Gasteiger partial charge is 0.374 e. The van der Waals surface area contributed by atoms with Gasteiger partial charge in [-0.3, -0.25) is 9.59 Å². The van der Waals surface area contributed by atoms with Crippen molar-refractivity contribution in [3.05, 3.63) is 53.6 Å². The molecule has 2 heterocycles. The van der Waals surface area contributed by atoms with Gasteiger partial charge in [0.05, 0.1) is 37.8 Å². The van der Waals surface area contributed by atoms with E-state index in [1.165, 1.54) is 0 Å². The summed E-state index contributed by atoms with van der Waals surface area (Å²) in [5.74, 6) is -1.78. The van der Waals surface area contributed by atoms with Gasteiger partial charge in [-0.05, 0) is 48.9 Å². The average molecular weight is 637 g/mol.